The predicted molar refractivity (Wildman–Crippen MR) is 244 cm³/mol. The molecule has 352 valence electrons. The predicted octanol–water partition coefficient (Wildman–Crippen LogP) is 9.30. The van der Waals surface area contributed by atoms with Crippen LogP contribution in [0.1, 0.15) is 149 Å². The van der Waals surface area contributed by atoms with Crippen molar-refractivity contribution in [2.75, 3.05) is 47.5 Å². The van der Waals surface area contributed by atoms with E-state index in [9.17, 15) is 34.4 Å². The quantitative estimate of drug-likeness (QED) is 0.0134. The topological polar surface area (TPSA) is 172 Å². The van der Waals surface area contributed by atoms with E-state index in [-0.39, 0.29) is 38.9 Å². The molecule has 0 aromatic rings. The van der Waals surface area contributed by atoms with Gasteiger partial charge in [-0.15, -0.1) is 0 Å². The van der Waals surface area contributed by atoms with Crippen LogP contribution in [0.3, 0.4) is 0 Å². The molecule has 0 aliphatic heterocycles. The molecule has 3 N–H and O–H groups in total. The SMILES string of the molecule is CC/C=C\C[C@H](O)/C=C/C=C/C=C\C=C/[C@@H](O)[C@H](O)CCCC(=O)O[C@H](COC(=O)CCCCCCCCC/C=C\CCCCCCCC)COP(=O)([O-])OCC[N+](C)(C)C. The number of ether oxygens (including phenoxy) is 2. The number of hydrogen-bond acceptors (Lipinski definition) is 11. The summed E-state index contributed by atoms with van der Waals surface area (Å²) in [7, 11) is 0.934. The second-order valence-electron chi connectivity index (χ2n) is 16.6. The van der Waals surface area contributed by atoms with Gasteiger partial charge >= 0.3 is 11.9 Å². The van der Waals surface area contributed by atoms with Crippen LogP contribution in [0.15, 0.2) is 72.9 Å². The molecule has 0 bridgehead atoms. The molecule has 0 radical (unpaired) electrons. The smallest absolute Gasteiger partial charge is 0.306 e. The van der Waals surface area contributed by atoms with Gasteiger partial charge in [0.05, 0.1) is 46.1 Å². The molecular formula is C48H84NO11P. The molecule has 0 fully saturated rings. The van der Waals surface area contributed by atoms with Gasteiger partial charge in [-0.3, -0.25) is 14.2 Å². The Kier molecular flexibility index (Phi) is 37.3. The zero-order valence-electron chi connectivity index (χ0n) is 38.4. The van der Waals surface area contributed by atoms with Gasteiger partial charge in [-0.25, -0.2) is 0 Å². The van der Waals surface area contributed by atoms with Crippen molar-refractivity contribution in [2.45, 2.75) is 173 Å². The van der Waals surface area contributed by atoms with Gasteiger partial charge in [0.25, 0.3) is 7.82 Å². The van der Waals surface area contributed by atoms with E-state index in [2.05, 4.69) is 19.1 Å². The van der Waals surface area contributed by atoms with E-state index < -0.39 is 50.8 Å². The van der Waals surface area contributed by atoms with Crippen molar-refractivity contribution in [3.8, 4) is 0 Å². The first kappa shape index (κ1) is 58.3. The van der Waals surface area contributed by atoms with Crippen molar-refractivity contribution in [1.29, 1.82) is 0 Å². The zero-order valence-corrected chi connectivity index (χ0v) is 39.3. The monoisotopic (exact) mass is 882 g/mol. The summed E-state index contributed by atoms with van der Waals surface area (Å²) in [6, 6.07) is 0. The third-order valence-corrected chi connectivity index (χ3v) is 10.5. The molecule has 0 saturated heterocycles. The van der Waals surface area contributed by atoms with E-state index in [1.807, 2.05) is 40.2 Å². The molecule has 0 rings (SSSR count). The van der Waals surface area contributed by atoms with Gasteiger partial charge in [0.1, 0.15) is 19.8 Å². The van der Waals surface area contributed by atoms with Crippen molar-refractivity contribution in [1.82, 2.24) is 0 Å². The third kappa shape index (κ3) is 41.1. The van der Waals surface area contributed by atoms with E-state index in [1.54, 1.807) is 42.5 Å². The normalized spacial score (nSPS) is 15.8. The van der Waals surface area contributed by atoms with Crippen LogP contribution in [0.2, 0.25) is 0 Å². The first-order valence-electron chi connectivity index (χ1n) is 23.0. The summed E-state index contributed by atoms with van der Waals surface area (Å²) >= 11 is 0. The van der Waals surface area contributed by atoms with Gasteiger partial charge in [-0.2, -0.15) is 0 Å². The first-order valence-corrected chi connectivity index (χ1v) is 24.4. The Hall–Kier alpha value is -2.67. The van der Waals surface area contributed by atoms with Gasteiger partial charge in [-0.1, -0.05) is 151 Å². The molecule has 0 spiro atoms. The molecule has 12 nitrogen and oxygen atoms in total. The Morgan fingerprint density at radius 1 is 0.656 bits per heavy atom. The van der Waals surface area contributed by atoms with Gasteiger partial charge < -0.3 is 43.2 Å². The van der Waals surface area contributed by atoms with E-state index in [4.69, 9.17) is 18.5 Å². The van der Waals surface area contributed by atoms with Crippen molar-refractivity contribution >= 4 is 19.8 Å². The van der Waals surface area contributed by atoms with Crippen molar-refractivity contribution < 1.29 is 57.4 Å². The van der Waals surface area contributed by atoms with Crippen LogP contribution < -0.4 is 4.89 Å². The van der Waals surface area contributed by atoms with Gasteiger partial charge in [0.2, 0.25) is 0 Å². The Balaban J connectivity index is 4.67. The molecule has 0 aromatic heterocycles. The lowest BCUT2D eigenvalue weighted by Crippen LogP contribution is -2.37. The van der Waals surface area contributed by atoms with E-state index in [0.29, 0.717) is 23.9 Å². The van der Waals surface area contributed by atoms with Crippen LogP contribution in [0.4, 0.5) is 0 Å². The highest BCUT2D eigenvalue weighted by molar-refractivity contribution is 7.45. The van der Waals surface area contributed by atoms with Crippen LogP contribution in [0.5, 0.6) is 0 Å². The summed E-state index contributed by atoms with van der Waals surface area (Å²) in [6.07, 6.45) is 37.3. The van der Waals surface area contributed by atoms with Crippen LogP contribution in [-0.2, 0) is 32.7 Å². The molecule has 0 aliphatic rings. The van der Waals surface area contributed by atoms with Crippen molar-refractivity contribution in [3.63, 3.8) is 0 Å². The number of phosphoric acid groups is 1. The standard InChI is InChI=1S/C48H84NO11P/c1-6-8-10-11-12-13-14-15-16-17-18-19-20-21-22-27-31-37-47(53)57-41-44(42-59-61(55,56)58-40-39-49(3,4)5)60-48(54)38-32-36-46(52)45(51)35-30-26-24-23-25-29-34-43(50)33-28-9-7-2/h9,15-16,23-26,28-30,34-35,43-46,50-52H,6-8,10-14,17-22,27,31-33,36-42H2,1-5H3/b16-15-,25-23+,26-24-,28-9-,34-29+,35-30-/t43-,44+,45+,46+/m0/s1. The van der Waals surface area contributed by atoms with Crippen molar-refractivity contribution in [2.24, 2.45) is 0 Å². The molecule has 0 aliphatic carbocycles. The number of phosphoric ester groups is 1. The fraction of sp³-hybridized carbons (Fsp3) is 0.708. The van der Waals surface area contributed by atoms with E-state index in [0.717, 1.165) is 32.1 Å². The lowest BCUT2D eigenvalue weighted by Gasteiger charge is -2.28. The summed E-state index contributed by atoms with van der Waals surface area (Å²) < 4.78 is 33.6. The fourth-order valence-corrected chi connectivity index (χ4v) is 6.54. The van der Waals surface area contributed by atoms with Crippen LogP contribution in [-0.4, -0.2) is 104 Å². The number of nitrogens with zero attached hydrogens (tertiary/aromatic N) is 1. The third-order valence-electron chi connectivity index (χ3n) is 9.55. The molecule has 0 amide bonds. The molecule has 0 aromatic carbocycles. The minimum Gasteiger partial charge on any atom is -0.756 e. The average molecular weight is 882 g/mol. The lowest BCUT2D eigenvalue weighted by atomic mass is 10.1. The van der Waals surface area contributed by atoms with E-state index in [1.165, 1.54) is 70.3 Å². The summed E-state index contributed by atoms with van der Waals surface area (Å²) in [5, 5.41) is 30.5. The second kappa shape index (κ2) is 39.0. The summed E-state index contributed by atoms with van der Waals surface area (Å²) in [4.78, 5) is 37.6. The summed E-state index contributed by atoms with van der Waals surface area (Å²) in [5.41, 5.74) is 0. The number of unbranched alkanes of at least 4 members (excludes halogenated alkanes) is 13. The van der Waals surface area contributed by atoms with Crippen LogP contribution >= 0.6 is 7.82 Å². The van der Waals surface area contributed by atoms with E-state index >= 15 is 0 Å². The molecule has 5 atom stereocenters. The first-order chi connectivity index (χ1) is 29.2. The maximum absolute atomic E-state index is 12.7. The van der Waals surface area contributed by atoms with Gasteiger partial charge in [0.15, 0.2) is 6.10 Å². The second-order valence-corrected chi connectivity index (χ2v) is 18.0. The maximum atomic E-state index is 12.7. The Morgan fingerprint density at radius 2 is 1.21 bits per heavy atom. The number of likely N-dealkylation sites (N-methyl/N-ethyl adjacent to an activating group) is 1. The van der Waals surface area contributed by atoms with Crippen molar-refractivity contribution in [3.05, 3.63) is 72.9 Å². The van der Waals surface area contributed by atoms with Crippen LogP contribution in [0.25, 0.3) is 0 Å². The van der Waals surface area contributed by atoms with Gasteiger partial charge in [-0.05, 0) is 57.8 Å². The molecule has 0 saturated carbocycles. The Labute approximate surface area is 369 Å². The zero-order chi connectivity index (χ0) is 45.5. The average Bonchev–Trinajstić information content (AvgIpc) is 3.20. The minimum atomic E-state index is -4.73. The fourth-order valence-electron chi connectivity index (χ4n) is 5.81. The maximum Gasteiger partial charge on any atom is 0.306 e. The number of quaternary nitrogens is 1. The summed E-state index contributed by atoms with van der Waals surface area (Å²) in [5.74, 6) is -1.18. The molecule has 61 heavy (non-hydrogen) atoms. The Morgan fingerprint density at radius 3 is 1.82 bits per heavy atom. The largest absolute Gasteiger partial charge is 0.756 e. The molecular weight excluding hydrogens is 797 g/mol. The number of aliphatic hydroxyl groups is 3. The lowest BCUT2D eigenvalue weighted by molar-refractivity contribution is -0.870. The number of rotatable bonds is 40. The number of hydrogen-bond donors (Lipinski definition) is 3. The molecule has 0 heterocycles. The van der Waals surface area contributed by atoms with Crippen LogP contribution in [0, 0.1) is 0 Å². The number of aliphatic hydroxyl groups excluding tert-OH is 3. The number of carbonyl (C=O) groups excluding carboxylic acids is 2. The highest BCUT2D eigenvalue weighted by Gasteiger charge is 2.22. The summed E-state index contributed by atoms with van der Waals surface area (Å²) in [6.45, 7) is 3.61. The number of esters is 2. The highest BCUT2D eigenvalue weighted by Crippen LogP contribution is 2.38. The molecule has 13 heteroatoms. The number of carbonyl (C=O) groups is 2. The highest BCUT2D eigenvalue weighted by atomic mass is 31.2. The Bertz CT molecular complexity index is 1320. The number of allylic oxidation sites excluding steroid dienone is 9. The molecule has 1 unspecified atom stereocenters. The van der Waals surface area contributed by atoms with Gasteiger partial charge in [0, 0.05) is 12.8 Å². The minimum absolute atomic E-state index is 0.0908.